The van der Waals surface area contributed by atoms with Crippen LogP contribution in [0.1, 0.15) is 23.8 Å². The van der Waals surface area contributed by atoms with Gasteiger partial charge in [-0.25, -0.2) is 9.37 Å². The van der Waals surface area contributed by atoms with Gasteiger partial charge in [-0.2, -0.15) is 0 Å². The van der Waals surface area contributed by atoms with E-state index in [1.54, 1.807) is 23.1 Å². The predicted octanol–water partition coefficient (Wildman–Crippen LogP) is 2.82. The predicted molar refractivity (Wildman–Crippen MR) is 98.6 cm³/mol. The van der Waals surface area contributed by atoms with Crippen molar-refractivity contribution in [3.05, 3.63) is 59.5 Å². The molecule has 0 N–H and O–H groups in total. The fraction of sp³-hybridized carbons (Fsp3) is 0.400. The summed E-state index contributed by atoms with van der Waals surface area (Å²) >= 11 is 0. The normalized spacial score (nSPS) is 17.2. The van der Waals surface area contributed by atoms with Crippen molar-refractivity contribution >= 4 is 11.7 Å². The van der Waals surface area contributed by atoms with E-state index in [9.17, 15) is 9.18 Å². The second-order valence-corrected chi connectivity index (χ2v) is 6.61. The van der Waals surface area contributed by atoms with Crippen LogP contribution >= 0.6 is 0 Å². The van der Waals surface area contributed by atoms with Gasteiger partial charge in [-0.3, -0.25) is 4.79 Å². The molecule has 0 radical (unpaired) electrons. The number of pyridine rings is 1. The number of anilines is 1. The van der Waals surface area contributed by atoms with Crippen molar-refractivity contribution in [3.8, 4) is 0 Å². The molecule has 1 atom stereocenters. The minimum absolute atomic E-state index is 0.0188. The molecule has 1 saturated heterocycles. The molecule has 1 aromatic heterocycles. The number of carbonyl (C=O) groups excluding carboxylic acids is 1. The van der Waals surface area contributed by atoms with Crippen LogP contribution in [0.4, 0.5) is 10.2 Å². The maximum atomic E-state index is 13.7. The molecule has 0 bridgehead atoms. The van der Waals surface area contributed by atoms with Crippen molar-refractivity contribution in [2.24, 2.45) is 0 Å². The molecule has 2 heterocycles. The quantitative estimate of drug-likeness (QED) is 0.826. The highest BCUT2D eigenvalue weighted by Crippen LogP contribution is 2.23. The Balaban J connectivity index is 1.62. The van der Waals surface area contributed by atoms with Gasteiger partial charge in [-0.05, 0) is 30.2 Å². The summed E-state index contributed by atoms with van der Waals surface area (Å²) in [5, 5.41) is 0. The van der Waals surface area contributed by atoms with Crippen LogP contribution in [0.5, 0.6) is 0 Å². The molecule has 138 valence electrons. The molecule has 5 nitrogen and oxygen atoms in total. The van der Waals surface area contributed by atoms with Crippen LogP contribution < -0.4 is 4.90 Å². The van der Waals surface area contributed by atoms with Crippen molar-refractivity contribution in [2.45, 2.75) is 18.9 Å². The summed E-state index contributed by atoms with van der Waals surface area (Å²) in [5.74, 6) is 0.615. The van der Waals surface area contributed by atoms with Gasteiger partial charge in [0.15, 0.2) is 0 Å². The molecule has 1 aromatic carbocycles. The van der Waals surface area contributed by atoms with E-state index >= 15 is 0 Å². The maximum Gasteiger partial charge on any atom is 0.223 e. The Morgan fingerprint density at radius 1 is 1.27 bits per heavy atom. The fourth-order valence-corrected chi connectivity index (χ4v) is 3.02. The van der Waals surface area contributed by atoms with Gasteiger partial charge in [0, 0.05) is 27.1 Å². The molecule has 0 spiro atoms. The van der Waals surface area contributed by atoms with E-state index in [-0.39, 0.29) is 17.8 Å². The first-order valence-corrected chi connectivity index (χ1v) is 8.81. The number of morpholine rings is 1. The average Bonchev–Trinajstić information content (AvgIpc) is 2.67. The Kier molecular flexibility index (Phi) is 5.83. The number of ether oxygens (including phenoxy) is 1. The summed E-state index contributed by atoms with van der Waals surface area (Å²) in [7, 11) is 3.87. The lowest BCUT2D eigenvalue weighted by Crippen LogP contribution is -2.42. The molecule has 1 aliphatic rings. The van der Waals surface area contributed by atoms with E-state index in [0.717, 1.165) is 11.5 Å². The van der Waals surface area contributed by atoms with Gasteiger partial charge in [0.1, 0.15) is 17.7 Å². The molecule has 2 aromatic rings. The lowest BCUT2D eigenvalue weighted by atomic mass is 10.1. The fourth-order valence-electron chi connectivity index (χ4n) is 3.02. The number of halogens is 1. The maximum absolute atomic E-state index is 13.7. The molecule has 0 saturated carbocycles. The number of hydrogen-bond acceptors (Lipinski definition) is 4. The van der Waals surface area contributed by atoms with Crippen molar-refractivity contribution in [3.63, 3.8) is 0 Å². The second kappa shape index (κ2) is 8.27. The van der Waals surface area contributed by atoms with Crippen LogP contribution in [-0.2, 0) is 16.0 Å². The molecule has 6 heteroatoms. The first-order chi connectivity index (χ1) is 12.5. The number of hydrogen-bond donors (Lipinski definition) is 0. The third-order valence-electron chi connectivity index (χ3n) is 4.53. The van der Waals surface area contributed by atoms with Gasteiger partial charge in [0.25, 0.3) is 0 Å². The van der Waals surface area contributed by atoms with Gasteiger partial charge in [0.2, 0.25) is 5.91 Å². The van der Waals surface area contributed by atoms with Crippen molar-refractivity contribution < 1.29 is 13.9 Å². The summed E-state index contributed by atoms with van der Waals surface area (Å²) < 4.78 is 19.5. The van der Waals surface area contributed by atoms with Gasteiger partial charge in [-0.15, -0.1) is 0 Å². The summed E-state index contributed by atoms with van der Waals surface area (Å²) in [6, 6.07) is 12.4. The van der Waals surface area contributed by atoms with E-state index in [1.165, 1.54) is 6.07 Å². The third kappa shape index (κ3) is 4.38. The number of aromatic nitrogens is 1. The minimum Gasteiger partial charge on any atom is -0.368 e. The Hall–Kier alpha value is -2.47. The zero-order valence-corrected chi connectivity index (χ0v) is 15.2. The Morgan fingerprint density at radius 2 is 2.08 bits per heavy atom. The van der Waals surface area contributed by atoms with E-state index < -0.39 is 0 Å². The van der Waals surface area contributed by atoms with Crippen LogP contribution in [0.3, 0.4) is 0 Å². The molecule has 1 amide bonds. The summed E-state index contributed by atoms with van der Waals surface area (Å²) in [5.41, 5.74) is 1.40. The topological polar surface area (TPSA) is 45.7 Å². The van der Waals surface area contributed by atoms with E-state index in [0.29, 0.717) is 38.1 Å². The van der Waals surface area contributed by atoms with Gasteiger partial charge >= 0.3 is 0 Å². The lowest BCUT2D eigenvalue weighted by Gasteiger charge is -2.33. The highest BCUT2D eigenvalue weighted by molar-refractivity contribution is 5.76. The molecule has 3 rings (SSSR count). The standard InChI is InChI=1S/C20H24FN3O2/c1-23(2)19-9-5-8-17(22-19)18-14-24(12-13-26-18)20(25)11-10-15-6-3-4-7-16(15)21/h3-9,18H,10-14H2,1-2H3/t18-/m0/s1. The smallest absolute Gasteiger partial charge is 0.223 e. The van der Waals surface area contributed by atoms with Crippen LogP contribution in [0, 0.1) is 5.82 Å². The van der Waals surface area contributed by atoms with E-state index in [2.05, 4.69) is 4.98 Å². The highest BCUT2D eigenvalue weighted by Gasteiger charge is 2.26. The van der Waals surface area contributed by atoms with Crippen LogP contribution in [0.2, 0.25) is 0 Å². The van der Waals surface area contributed by atoms with Gasteiger partial charge in [-0.1, -0.05) is 24.3 Å². The molecular formula is C20H24FN3O2. The van der Waals surface area contributed by atoms with Crippen LogP contribution in [0.15, 0.2) is 42.5 Å². The van der Waals surface area contributed by atoms with Crippen LogP contribution in [0.25, 0.3) is 0 Å². The van der Waals surface area contributed by atoms with Gasteiger partial charge in [0.05, 0.1) is 18.8 Å². The number of amides is 1. The largest absolute Gasteiger partial charge is 0.368 e. The first-order valence-electron chi connectivity index (χ1n) is 8.81. The second-order valence-electron chi connectivity index (χ2n) is 6.61. The van der Waals surface area contributed by atoms with E-state index in [1.807, 2.05) is 37.2 Å². The van der Waals surface area contributed by atoms with E-state index in [4.69, 9.17) is 4.74 Å². The first kappa shape index (κ1) is 18.3. The summed E-state index contributed by atoms with van der Waals surface area (Å²) in [4.78, 5) is 20.9. The monoisotopic (exact) mass is 357 g/mol. The lowest BCUT2D eigenvalue weighted by molar-refractivity contribution is -0.139. The Labute approximate surface area is 153 Å². The summed E-state index contributed by atoms with van der Waals surface area (Å²) in [6.45, 7) is 1.50. The minimum atomic E-state index is -0.259. The molecular weight excluding hydrogens is 333 g/mol. The number of rotatable bonds is 5. The number of aryl methyl sites for hydroxylation is 1. The van der Waals surface area contributed by atoms with Crippen molar-refractivity contribution in [1.29, 1.82) is 0 Å². The molecule has 1 aliphatic heterocycles. The molecule has 1 fully saturated rings. The summed E-state index contributed by atoms with van der Waals surface area (Å²) in [6.07, 6.45) is 0.460. The number of nitrogens with zero attached hydrogens (tertiary/aromatic N) is 3. The zero-order chi connectivity index (χ0) is 18.5. The SMILES string of the molecule is CN(C)c1cccc([C@@H]2CN(C(=O)CCc3ccccc3F)CCO2)n1. The Bertz CT molecular complexity index is 766. The highest BCUT2D eigenvalue weighted by atomic mass is 19.1. The number of benzene rings is 1. The number of carbonyl (C=O) groups is 1. The zero-order valence-electron chi connectivity index (χ0n) is 15.2. The average molecular weight is 357 g/mol. The molecule has 26 heavy (non-hydrogen) atoms. The van der Waals surface area contributed by atoms with Crippen molar-refractivity contribution in [2.75, 3.05) is 38.7 Å². The third-order valence-corrected chi connectivity index (χ3v) is 4.53. The molecule has 0 aliphatic carbocycles. The molecule has 0 unspecified atom stereocenters. The van der Waals surface area contributed by atoms with Crippen LogP contribution in [-0.4, -0.2) is 49.6 Å². The van der Waals surface area contributed by atoms with Gasteiger partial charge < -0.3 is 14.5 Å². The van der Waals surface area contributed by atoms with Crippen molar-refractivity contribution in [1.82, 2.24) is 9.88 Å². The Morgan fingerprint density at radius 3 is 2.85 bits per heavy atom.